The molecule has 0 unspecified atom stereocenters. The van der Waals surface area contributed by atoms with Gasteiger partial charge >= 0.3 is 0 Å². The first kappa shape index (κ1) is 17.1. The second kappa shape index (κ2) is 7.86. The number of ether oxygens (including phenoxy) is 1. The van der Waals surface area contributed by atoms with E-state index in [-0.39, 0.29) is 18.0 Å². The summed E-state index contributed by atoms with van der Waals surface area (Å²) in [4.78, 5) is 3.81. The van der Waals surface area contributed by atoms with Gasteiger partial charge < -0.3 is 10.1 Å². The van der Waals surface area contributed by atoms with Crippen LogP contribution in [0.3, 0.4) is 0 Å². The van der Waals surface area contributed by atoms with Crippen molar-refractivity contribution in [2.45, 2.75) is 38.8 Å². The van der Waals surface area contributed by atoms with Crippen LogP contribution in [0.1, 0.15) is 48.6 Å². The number of benzene rings is 1. The Morgan fingerprint density at radius 1 is 1.29 bits per heavy atom. The Kier molecular flexibility index (Phi) is 5.59. The second-order valence-corrected chi connectivity index (χ2v) is 6.63. The Morgan fingerprint density at radius 3 is 2.83 bits per heavy atom. The lowest BCUT2D eigenvalue weighted by atomic mass is 9.89. The molecule has 0 bridgehead atoms. The van der Waals surface area contributed by atoms with Gasteiger partial charge in [-0.15, -0.1) is 0 Å². The van der Waals surface area contributed by atoms with Gasteiger partial charge in [0.1, 0.15) is 5.82 Å². The number of hydrogen-bond acceptors (Lipinski definition) is 3. The van der Waals surface area contributed by atoms with Crippen LogP contribution in [-0.2, 0) is 4.74 Å². The number of hydrogen-bond donors (Lipinski definition) is 1. The summed E-state index contributed by atoms with van der Waals surface area (Å²) in [5.41, 5.74) is 3.15. The number of nitrogens with one attached hydrogen (secondary N) is 1. The summed E-state index contributed by atoms with van der Waals surface area (Å²) in [5, 5.41) is 3.47. The molecule has 2 heterocycles. The maximum absolute atomic E-state index is 13.9. The number of nitrogens with zero attached hydrogens (tertiary/aromatic N) is 1. The summed E-state index contributed by atoms with van der Waals surface area (Å²) in [7, 11) is 0. The lowest BCUT2D eigenvalue weighted by Crippen LogP contribution is -2.33. The molecule has 3 atom stereocenters. The molecule has 0 spiro atoms. The van der Waals surface area contributed by atoms with Gasteiger partial charge in [-0.2, -0.15) is 0 Å². The first-order chi connectivity index (χ1) is 11.6. The molecule has 4 heteroatoms. The van der Waals surface area contributed by atoms with Gasteiger partial charge in [0.15, 0.2) is 0 Å². The molecule has 1 aliphatic heterocycles. The molecule has 0 saturated carbocycles. The second-order valence-electron chi connectivity index (χ2n) is 6.63. The van der Waals surface area contributed by atoms with E-state index in [2.05, 4.69) is 41.5 Å². The Hall–Kier alpha value is -1.78. The van der Waals surface area contributed by atoms with Gasteiger partial charge in [-0.1, -0.05) is 29.8 Å². The van der Waals surface area contributed by atoms with Crippen LogP contribution in [0.25, 0.3) is 0 Å². The fraction of sp³-hybridized carbons (Fsp3) is 0.450. The Morgan fingerprint density at radius 2 is 2.08 bits per heavy atom. The van der Waals surface area contributed by atoms with E-state index in [0.717, 1.165) is 26.0 Å². The van der Waals surface area contributed by atoms with Crippen molar-refractivity contribution in [1.29, 1.82) is 0 Å². The van der Waals surface area contributed by atoms with Gasteiger partial charge in [0.2, 0.25) is 0 Å². The fourth-order valence-electron chi connectivity index (χ4n) is 3.35. The van der Waals surface area contributed by atoms with Crippen LogP contribution in [0.4, 0.5) is 4.39 Å². The van der Waals surface area contributed by atoms with Crippen LogP contribution in [0, 0.1) is 18.7 Å². The number of halogens is 1. The molecule has 2 aromatic rings. The normalized spacial score (nSPS) is 22.3. The summed E-state index contributed by atoms with van der Waals surface area (Å²) in [6.45, 7) is 5.70. The highest BCUT2D eigenvalue weighted by Gasteiger charge is 2.27. The molecule has 3 rings (SSSR count). The summed E-state index contributed by atoms with van der Waals surface area (Å²) < 4.78 is 19.9. The van der Waals surface area contributed by atoms with E-state index >= 15 is 0 Å². The molecule has 0 radical (unpaired) electrons. The zero-order valence-corrected chi connectivity index (χ0v) is 14.3. The van der Waals surface area contributed by atoms with Crippen molar-refractivity contribution in [2.24, 2.45) is 5.92 Å². The number of aryl methyl sites for hydroxylation is 1. The smallest absolute Gasteiger partial charge is 0.146 e. The van der Waals surface area contributed by atoms with E-state index in [0.29, 0.717) is 11.5 Å². The molecular formula is C20H25FN2O. The van der Waals surface area contributed by atoms with E-state index < -0.39 is 0 Å². The maximum Gasteiger partial charge on any atom is 0.146 e. The van der Waals surface area contributed by atoms with Gasteiger partial charge in [-0.05, 0) is 38.3 Å². The van der Waals surface area contributed by atoms with E-state index in [9.17, 15) is 4.39 Å². The largest absolute Gasteiger partial charge is 0.373 e. The highest BCUT2D eigenvalue weighted by atomic mass is 19.1. The quantitative estimate of drug-likeness (QED) is 0.886. The first-order valence-electron chi connectivity index (χ1n) is 8.66. The molecule has 3 nitrogen and oxygen atoms in total. The molecule has 0 aliphatic carbocycles. The molecule has 1 aromatic carbocycles. The highest BCUT2D eigenvalue weighted by molar-refractivity contribution is 5.24. The molecule has 128 valence electrons. The van der Waals surface area contributed by atoms with E-state index in [1.807, 2.05) is 6.92 Å². The summed E-state index contributed by atoms with van der Waals surface area (Å²) in [5.74, 6) is 0.140. The monoisotopic (exact) mass is 328 g/mol. The van der Waals surface area contributed by atoms with Crippen molar-refractivity contribution in [2.75, 3.05) is 13.2 Å². The molecule has 1 aromatic heterocycles. The van der Waals surface area contributed by atoms with E-state index in [1.54, 1.807) is 12.3 Å². The third-order valence-electron chi connectivity index (χ3n) is 4.81. The third-order valence-corrected chi connectivity index (χ3v) is 4.81. The minimum absolute atomic E-state index is 0.0476. The average Bonchev–Trinajstić information content (AvgIpc) is 2.61. The molecule has 24 heavy (non-hydrogen) atoms. The van der Waals surface area contributed by atoms with Gasteiger partial charge in [-0.3, -0.25) is 4.98 Å². The number of aromatic nitrogens is 1. The standard InChI is InChI=1S/C20H25FN2O/c1-14-5-7-16(8-6-14)20-17(4-3-11-24-20)12-23-15(2)18-9-10-22-13-19(18)21/h5-10,13,15,17,20,23H,3-4,11-12H2,1-2H3/t15-,17-,20+/m1/s1. The van der Waals surface area contributed by atoms with Gasteiger partial charge in [0.25, 0.3) is 0 Å². The topological polar surface area (TPSA) is 34.1 Å². The molecule has 0 amide bonds. The van der Waals surface area contributed by atoms with Crippen molar-refractivity contribution in [3.8, 4) is 0 Å². The van der Waals surface area contributed by atoms with Crippen molar-refractivity contribution >= 4 is 0 Å². The minimum atomic E-state index is -0.257. The SMILES string of the molecule is Cc1ccc([C@@H]2OCCC[C@@H]2CN[C@H](C)c2ccncc2F)cc1. The Labute approximate surface area is 143 Å². The molecule has 1 N–H and O–H groups in total. The molecule has 1 aliphatic rings. The minimum Gasteiger partial charge on any atom is -0.373 e. The van der Waals surface area contributed by atoms with Gasteiger partial charge in [0.05, 0.1) is 12.3 Å². The van der Waals surface area contributed by atoms with Crippen molar-refractivity contribution in [3.63, 3.8) is 0 Å². The van der Waals surface area contributed by atoms with Crippen LogP contribution in [0.5, 0.6) is 0 Å². The fourth-order valence-corrected chi connectivity index (χ4v) is 3.35. The lowest BCUT2D eigenvalue weighted by Gasteiger charge is -2.33. The van der Waals surface area contributed by atoms with Crippen LogP contribution >= 0.6 is 0 Å². The van der Waals surface area contributed by atoms with Crippen LogP contribution in [0.15, 0.2) is 42.7 Å². The first-order valence-corrected chi connectivity index (χ1v) is 8.66. The zero-order chi connectivity index (χ0) is 16.9. The third kappa shape index (κ3) is 4.00. The molecular weight excluding hydrogens is 303 g/mol. The van der Waals surface area contributed by atoms with E-state index in [1.165, 1.54) is 17.3 Å². The predicted octanol–water partition coefficient (Wildman–Crippen LogP) is 4.35. The molecule has 1 saturated heterocycles. The number of rotatable bonds is 5. The van der Waals surface area contributed by atoms with Crippen molar-refractivity contribution in [3.05, 3.63) is 65.2 Å². The predicted molar refractivity (Wildman–Crippen MR) is 93.2 cm³/mol. The Balaban J connectivity index is 1.66. The van der Waals surface area contributed by atoms with Crippen molar-refractivity contribution < 1.29 is 9.13 Å². The lowest BCUT2D eigenvalue weighted by molar-refractivity contribution is -0.0284. The summed E-state index contributed by atoms with van der Waals surface area (Å²) in [6, 6.07) is 10.3. The number of pyridine rings is 1. The maximum atomic E-state index is 13.9. The van der Waals surface area contributed by atoms with Gasteiger partial charge in [-0.25, -0.2) is 4.39 Å². The van der Waals surface area contributed by atoms with Gasteiger partial charge in [0, 0.05) is 36.9 Å². The zero-order valence-electron chi connectivity index (χ0n) is 14.3. The van der Waals surface area contributed by atoms with E-state index in [4.69, 9.17) is 4.74 Å². The molecule has 1 fully saturated rings. The summed E-state index contributed by atoms with van der Waals surface area (Å²) in [6.07, 6.45) is 5.22. The van der Waals surface area contributed by atoms with Crippen molar-refractivity contribution in [1.82, 2.24) is 10.3 Å². The van der Waals surface area contributed by atoms with Crippen LogP contribution in [0.2, 0.25) is 0 Å². The van der Waals surface area contributed by atoms with Crippen LogP contribution in [-0.4, -0.2) is 18.1 Å². The average molecular weight is 328 g/mol. The Bertz CT molecular complexity index is 659. The summed E-state index contributed by atoms with van der Waals surface area (Å²) >= 11 is 0. The van der Waals surface area contributed by atoms with Crippen LogP contribution < -0.4 is 5.32 Å². The highest BCUT2D eigenvalue weighted by Crippen LogP contribution is 2.33.